The van der Waals surface area contributed by atoms with Gasteiger partial charge >= 0.3 is 0 Å². The number of hydrogen-bond acceptors (Lipinski definition) is 3. The van der Waals surface area contributed by atoms with Crippen LogP contribution in [-0.4, -0.2) is 25.2 Å². The summed E-state index contributed by atoms with van der Waals surface area (Å²) >= 11 is 5.64. The van der Waals surface area contributed by atoms with Gasteiger partial charge in [-0.15, -0.1) is 0 Å². The van der Waals surface area contributed by atoms with Crippen molar-refractivity contribution < 1.29 is 4.74 Å². The average Bonchev–Trinajstić information content (AvgIpc) is 2.65. The number of aromatic nitrogens is 1. The van der Waals surface area contributed by atoms with E-state index in [1.807, 2.05) is 0 Å². The van der Waals surface area contributed by atoms with Crippen molar-refractivity contribution in [1.82, 2.24) is 10.3 Å². The lowest BCUT2D eigenvalue weighted by atomic mass is 9.93. The molecule has 1 aliphatic heterocycles. The molecule has 2 rings (SSSR count). The predicted molar refractivity (Wildman–Crippen MR) is 67.1 cm³/mol. The maximum absolute atomic E-state index is 5.64. The van der Waals surface area contributed by atoms with Gasteiger partial charge in [0, 0.05) is 12.7 Å². The summed E-state index contributed by atoms with van der Waals surface area (Å²) < 4.78 is 4.80. The Kier molecular flexibility index (Phi) is 5.03. The molecule has 0 aromatic carbocycles. The minimum atomic E-state index is 0.471. The van der Waals surface area contributed by atoms with Gasteiger partial charge in [0.15, 0.2) is 0 Å². The highest BCUT2D eigenvalue weighted by Gasteiger charge is 2.21. The zero-order chi connectivity index (χ0) is 12.0. The van der Waals surface area contributed by atoms with E-state index in [0.29, 0.717) is 16.3 Å². The van der Waals surface area contributed by atoms with Crippen molar-refractivity contribution in [3.63, 3.8) is 0 Å². The molecule has 3 nitrogen and oxygen atoms in total. The fourth-order valence-electron chi connectivity index (χ4n) is 1.46. The summed E-state index contributed by atoms with van der Waals surface area (Å²) in [5, 5.41) is 3.85. The van der Waals surface area contributed by atoms with Gasteiger partial charge in [-0.25, -0.2) is 4.98 Å². The van der Waals surface area contributed by atoms with E-state index in [-0.39, 0.29) is 0 Å². The van der Waals surface area contributed by atoms with Gasteiger partial charge in [-0.05, 0) is 30.5 Å². The first-order chi connectivity index (χ1) is 7.55. The predicted octanol–water partition coefficient (Wildman–Crippen LogP) is 2.75. The van der Waals surface area contributed by atoms with Crippen molar-refractivity contribution in [3.05, 3.63) is 23.4 Å². The molecule has 0 saturated carbocycles. The Morgan fingerprint density at radius 2 is 2.25 bits per heavy atom. The van der Waals surface area contributed by atoms with Crippen LogP contribution in [0, 0.1) is 5.41 Å². The Morgan fingerprint density at radius 1 is 1.50 bits per heavy atom. The van der Waals surface area contributed by atoms with Crippen LogP contribution in [0.25, 0.3) is 0 Å². The van der Waals surface area contributed by atoms with Crippen LogP contribution in [0.3, 0.4) is 0 Å². The molecule has 2 heterocycles. The van der Waals surface area contributed by atoms with E-state index < -0.39 is 0 Å². The summed E-state index contributed by atoms with van der Waals surface area (Å²) in [6, 6.07) is 3.48. The molecule has 1 fully saturated rings. The van der Waals surface area contributed by atoms with Crippen LogP contribution in [0.2, 0.25) is 5.02 Å². The largest absolute Gasteiger partial charge is 0.480 e. The number of hydrogen-bond donors (Lipinski definition) is 1. The number of methoxy groups -OCH3 is 1. The maximum Gasteiger partial charge on any atom is 0.232 e. The molecule has 1 aromatic rings. The Bertz CT molecular complexity index is 321. The first kappa shape index (κ1) is 13.3. The smallest absolute Gasteiger partial charge is 0.232 e. The normalized spacial score (nSPS) is 17.5. The topological polar surface area (TPSA) is 34.1 Å². The third-order valence-corrected chi connectivity index (χ3v) is 2.79. The van der Waals surface area contributed by atoms with Crippen LogP contribution < -0.4 is 10.1 Å². The molecule has 0 radical (unpaired) electrons. The molecule has 90 valence electrons. The molecule has 16 heavy (non-hydrogen) atoms. The minimum Gasteiger partial charge on any atom is -0.480 e. The molecule has 0 aliphatic carbocycles. The quantitative estimate of drug-likeness (QED) is 0.822. The van der Waals surface area contributed by atoms with Crippen molar-refractivity contribution in [2.24, 2.45) is 5.41 Å². The van der Waals surface area contributed by atoms with Gasteiger partial charge in [0.05, 0.1) is 7.11 Å². The standard InChI is InChI=1S/C6H6ClNO.C6H13N/c1-9-6-5(7)3-2-4-8-6;1-6(2)3-4-7-5-6/h2-4H,1H3;7H,3-5H2,1-2H3. The monoisotopic (exact) mass is 242 g/mol. The van der Waals surface area contributed by atoms with Gasteiger partial charge in [0.1, 0.15) is 5.02 Å². The number of halogens is 1. The van der Waals surface area contributed by atoms with Gasteiger partial charge in [-0.3, -0.25) is 0 Å². The van der Waals surface area contributed by atoms with Gasteiger partial charge in [-0.1, -0.05) is 25.4 Å². The SMILES string of the molecule is CC1(C)CCNC1.COc1ncccc1Cl. The molecule has 1 saturated heterocycles. The van der Waals surface area contributed by atoms with Crippen LogP contribution in [-0.2, 0) is 0 Å². The lowest BCUT2D eigenvalue weighted by Crippen LogP contribution is -2.15. The molecule has 0 bridgehead atoms. The first-order valence-corrected chi connectivity index (χ1v) is 5.78. The van der Waals surface area contributed by atoms with E-state index in [2.05, 4.69) is 24.1 Å². The van der Waals surface area contributed by atoms with Crippen LogP contribution in [0.1, 0.15) is 20.3 Å². The van der Waals surface area contributed by atoms with Crippen molar-refractivity contribution in [2.45, 2.75) is 20.3 Å². The van der Waals surface area contributed by atoms with E-state index in [4.69, 9.17) is 16.3 Å². The van der Waals surface area contributed by atoms with Gasteiger partial charge in [0.2, 0.25) is 5.88 Å². The zero-order valence-corrected chi connectivity index (χ0v) is 10.8. The van der Waals surface area contributed by atoms with Gasteiger partial charge < -0.3 is 10.1 Å². The second-order valence-corrected chi connectivity index (χ2v) is 4.99. The number of pyridine rings is 1. The van der Waals surface area contributed by atoms with E-state index in [1.165, 1.54) is 26.6 Å². The number of nitrogens with zero attached hydrogens (tertiary/aromatic N) is 1. The summed E-state index contributed by atoms with van der Waals surface area (Å²) in [7, 11) is 1.54. The molecule has 0 unspecified atom stereocenters. The lowest BCUT2D eigenvalue weighted by Gasteiger charge is -2.12. The van der Waals surface area contributed by atoms with Crippen molar-refractivity contribution in [2.75, 3.05) is 20.2 Å². The fraction of sp³-hybridized carbons (Fsp3) is 0.583. The molecular formula is C12H19ClN2O. The molecule has 1 aromatic heterocycles. The highest BCUT2D eigenvalue weighted by Crippen LogP contribution is 2.21. The Hall–Kier alpha value is -0.800. The molecular weight excluding hydrogens is 224 g/mol. The Morgan fingerprint density at radius 3 is 2.56 bits per heavy atom. The van der Waals surface area contributed by atoms with Gasteiger partial charge in [-0.2, -0.15) is 0 Å². The third kappa shape index (κ3) is 4.37. The molecule has 0 amide bonds. The fourth-order valence-corrected chi connectivity index (χ4v) is 1.66. The number of nitrogens with one attached hydrogen (secondary N) is 1. The summed E-state index contributed by atoms with van der Waals surface area (Å²) in [5.74, 6) is 0.471. The second-order valence-electron chi connectivity index (χ2n) is 4.59. The minimum absolute atomic E-state index is 0.471. The molecule has 1 aliphatic rings. The maximum atomic E-state index is 5.64. The van der Waals surface area contributed by atoms with E-state index in [9.17, 15) is 0 Å². The summed E-state index contributed by atoms with van der Waals surface area (Å²) in [6.45, 7) is 7.01. The zero-order valence-electron chi connectivity index (χ0n) is 10.1. The lowest BCUT2D eigenvalue weighted by molar-refractivity contribution is 0.398. The van der Waals surface area contributed by atoms with Crippen molar-refractivity contribution >= 4 is 11.6 Å². The Balaban J connectivity index is 0.000000165. The first-order valence-electron chi connectivity index (χ1n) is 5.40. The van der Waals surface area contributed by atoms with Crippen LogP contribution in [0.15, 0.2) is 18.3 Å². The van der Waals surface area contributed by atoms with E-state index in [1.54, 1.807) is 18.3 Å². The average molecular weight is 243 g/mol. The summed E-state index contributed by atoms with van der Waals surface area (Å²) in [4.78, 5) is 3.84. The summed E-state index contributed by atoms with van der Waals surface area (Å²) in [6.07, 6.45) is 2.97. The molecule has 0 atom stereocenters. The highest BCUT2D eigenvalue weighted by molar-refractivity contribution is 6.31. The molecule has 4 heteroatoms. The van der Waals surface area contributed by atoms with Crippen molar-refractivity contribution in [3.8, 4) is 5.88 Å². The second kappa shape index (κ2) is 6.06. The van der Waals surface area contributed by atoms with Crippen LogP contribution in [0.4, 0.5) is 0 Å². The third-order valence-electron chi connectivity index (χ3n) is 2.50. The van der Waals surface area contributed by atoms with Crippen LogP contribution >= 0.6 is 11.6 Å². The van der Waals surface area contributed by atoms with Crippen LogP contribution in [0.5, 0.6) is 5.88 Å². The molecule has 1 N–H and O–H groups in total. The molecule has 0 spiro atoms. The van der Waals surface area contributed by atoms with E-state index >= 15 is 0 Å². The number of rotatable bonds is 1. The van der Waals surface area contributed by atoms with Gasteiger partial charge in [0.25, 0.3) is 0 Å². The van der Waals surface area contributed by atoms with Crippen molar-refractivity contribution in [1.29, 1.82) is 0 Å². The Labute approximate surface area is 102 Å². The summed E-state index contributed by atoms with van der Waals surface area (Å²) in [5.41, 5.74) is 0.583. The highest BCUT2D eigenvalue weighted by atomic mass is 35.5. The van der Waals surface area contributed by atoms with E-state index in [0.717, 1.165) is 0 Å². The number of ether oxygens (including phenoxy) is 1.